The lowest BCUT2D eigenvalue weighted by atomic mass is 9.91. The van der Waals surface area contributed by atoms with Crippen LogP contribution in [0.3, 0.4) is 0 Å². The number of unbranched alkanes of at least 4 members (excludes halogenated alkanes) is 3. The van der Waals surface area contributed by atoms with Gasteiger partial charge < -0.3 is 10.4 Å². The van der Waals surface area contributed by atoms with Gasteiger partial charge in [-0.05, 0) is 74.8 Å². The van der Waals surface area contributed by atoms with Gasteiger partial charge in [-0.3, -0.25) is 4.79 Å². The third kappa shape index (κ3) is 5.60. The van der Waals surface area contributed by atoms with Gasteiger partial charge in [0.1, 0.15) is 11.6 Å². The summed E-state index contributed by atoms with van der Waals surface area (Å²) in [6.45, 7) is 2.88. The first-order chi connectivity index (χ1) is 15.1. The van der Waals surface area contributed by atoms with Gasteiger partial charge >= 0.3 is 5.97 Å². The molecule has 1 spiro atoms. The van der Waals surface area contributed by atoms with Gasteiger partial charge in [-0.15, -0.1) is 0 Å². The summed E-state index contributed by atoms with van der Waals surface area (Å²) in [5.41, 5.74) is 3.99. The Morgan fingerprint density at radius 2 is 1.90 bits per heavy atom. The minimum atomic E-state index is -0.763. The Bertz CT molecular complexity index is 893. The van der Waals surface area contributed by atoms with E-state index in [1.807, 2.05) is 6.92 Å². The van der Waals surface area contributed by atoms with E-state index in [0.29, 0.717) is 11.2 Å². The molecule has 0 radical (unpaired) electrons. The molecule has 1 fully saturated rings. The highest BCUT2D eigenvalue weighted by Gasteiger charge is 2.46. The maximum absolute atomic E-state index is 11.3. The first kappa shape index (κ1) is 21.7. The van der Waals surface area contributed by atoms with Crippen molar-refractivity contribution in [2.75, 3.05) is 11.9 Å². The van der Waals surface area contributed by atoms with Crippen molar-refractivity contribution in [2.24, 2.45) is 0 Å². The van der Waals surface area contributed by atoms with Crippen LogP contribution in [0.2, 0.25) is 0 Å². The molecule has 0 amide bonds. The topological polar surface area (TPSA) is 88.0 Å². The Morgan fingerprint density at radius 3 is 2.65 bits per heavy atom. The highest BCUT2D eigenvalue weighted by molar-refractivity contribution is 5.68. The quantitative estimate of drug-likeness (QED) is 0.514. The third-order valence-electron chi connectivity index (χ3n) is 6.93. The monoisotopic (exact) mass is 422 g/mol. The SMILES string of the molecule is Cc1ncc(C(CCCCCCc2ccc3c(n2)NCCCC32CC2)CC(=O)O)cn1. The molecule has 1 aliphatic heterocycles. The van der Waals surface area contributed by atoms with Crippen LogP contribution in [0.25, 0.3) is 0 Å². The maximum Gasteiger partial charge on any atom is 0.303 e. The fraction of sp³-hybridized carbons (Fsp3) is 0.600. The Kier molecular flexibility index (Phi) is 6.83. The molecule has 4 rings (SSSR count). The molecular formula is C25H34N4O2. The largest absolute Gasteiger partial charge is 0.481 e. The number of carboxylic acid groups (broad SMARTS) is 1. The number of carbonyl (C=O) groups is 1. The summed E-state index contributed by atoms with van der Waals surface area (Å²) in [5, 5.41) is 12.8. The van der Waals surface area contributed by atoms with E-state index in [2.05, 4.69) is 27.4 Å². The van der Waals surface area contributed by atoms with Gasteiger partial charge in [-0.1, -0.05) is 25.3 Å². The van der Waals surface area contributed by atoms with Crippen LogP contribution in [-0.2, 0) is 16.6 Å². The number of aromatic nitrogens is 3. The zero-order valence-electron chi connectivity index (χ0n) is 18.6. The summed E-state index contributed by atoms with van der Waals surface area (Å²) < 4.78 is 0. The van der Waals surface area contributed by atoms with Gasteiger partial charge in [-0.2, -0.15) is 0 Å². The molecule has 0 saturated heterocycles. The zero-order chi connectivity index (χ0) is 21.7. The second kappa shape index (κ2) is 9.75. The van der Waals surface area contributed by atoms with Crippen LogP contribution in [0.4, 0.5) is 5.82 Å². The highest BCUT2D eigenvalue weighted by Crippen LogP contribution is 2.54. The van der Waals surface area contributed by atoms with Crippen molar-refractivity contribution in [3.05, 3.63) is 47.2 Å². The molecule has 31 heavy (non-hydrogen) atoms. The second-order valence-electron chi connectivity index (χ2n) is 9.32. The van der Waals surface area contributed by atoms with Crippen LogP contribution < -0.4 is 5.32 Å². The molecule has 6 nitrogen and oxygen atoms in total. The van der Waals surface area contributed by atoms with Crippen molar-refractivity contribution in [3.63, 3.8) is 0 Å². The van der Waals surface area contributed by atoms with Gasteiger partial charge in [0, 0.05) is 30.2 Å². The van der Waals surface area contributed by atoms with E-state index in [1.165, 1.54) is 36.9 Å². The molecule has 1 atom stereocenters. The number of aryl methyl sites for hydroxylation is 2. The zero-order valence-corrected chi connectivity index (χ0v) is 18.6. The van der Waals surface area contributed by atoms with Crippen molar-refractivity contribution < 1.29 is 9.90 Å². The van der Waals surface area contributed by atoms with Crippen LogP contribution in [0.15, 0.2) is 24.5 Å². The first-order valence-electron chi connectivity index (χ1n) is 11.8. The standard InChI is InChI=1S/C25H34N4O2/c1-18-27-16-20(17-28-18)19(15-23(30)31)7-4-2-3-5-8-21-9-10-22-24(29-21)26-14-6-11-25(22)12-13-25/h9-10,16-17,19H,2-8,11-15H2,1H3,(H,26,29)(H,30,31). The molecule has 2 aliphatic rings. The number of hydrogen-bond acceptors (Lipinski definition) is 5. The Labute approximate surface area is 184 Å². The van der Waals surface area contributed by atoms with Gasteiger partial charge in [0.15, 0.2) is 0 Å². The van der Waals surface area contributed by atoms with E-state index in [1.54, 1.807) is 12.4 Å². The molecule has 2 aromatic rings. The van der Waals surface area contributed by atoms with Gasteiger partial charge in [0.05, 0.1) is 6.42 Å². The number of aliphatic carboxylic acids is 1. The summed E-state index contributed by atoms with van der Waals surface area (Å²) >= 11 is 0. The van der Waals surface area contributed by atoms with E-state index < -0.39 is 5.97 Å². The molecule has 2 N–H and O–H groups in total. The van der Waals surface area contributed by atoms with E-state index in [4.69, 9.17) is 4.98 Å². The average Bonchev–Trinajstić information content (AvgIpc) is 3.56. The first-order valence-corrected chi connectivity index (χ1v) is 11.8. The summed E-state index contributed by atoms with van der Waals surface area (Å²) in [6.07, 6.45) is 15.1. The number of rotatable bonds is 10. The Morgan fingerprint density at radius 1 is 1.13 bits per heavy atom. The van der Waals surface area contributed by atoms with Crippen molar-refractivity contribution >= 4 is 11.8 Å². The van der Waals surface area contributed by atoms with E-state index >= 15 is 0 Å². The fourth-order valence-electron chi connectivity index (χ4n) is 4.90. The maximum atomic E-state index is 11.3. The van der Waals surface area contributed by atoms with Crippen molar-refractivity contribution in [1.29, 1.82) is 0 Å². The van der Waals surface area contributed by atoms with Crippen LogP contribution in [0.5, 0.6) is 0 Å². The Balaban J connectivity index is 1.22. The minimum Gasteiger partial charge on any atom is -0.481 e. The minimum absolute atomic E-state index is 0.00910. The average molecular weight is 423 g/mol. The number of nitrogens with one attached hydrogen (secondary N) is 1. The van der Waals surface area contributed by atoms with E-state index in [9.17, 15) is 9.90 Å². The number of nitrogens with zero attached hydrogens (tertiary/aromatic N) is 3. The Hall–Kier alpha value is -2.50. The number of hydrogen-bond donors (Lipinski definition) is 2. The molecule has 1 aliphatic carbocycles. The fourth-order valence-corrected chi connectivity index (χ4v) is 4.90. The lowest BCUT2D eigenvalue weighted by Gasteiger charge is -2.16. The summed E-state index contributed by atoms with van der Waals surface area (Å²) in [7, 11) is 0. The number of pyridine rings is 1. The number of anilines is 1. The van der Waals surface area contributed by atoms with E-state index in [-0.39, 0.29) is 12.3 Å². The van der Waals surface area contributed by atoms with E-state index in [0.717, 1.165) is 56.5 Å². The van der Waals surface area contributed by atoms with Crippen LogP contribution in [0, 0.1) is 6.92 Å². The normalized spacial score (nSPS) is 17.5. The predicted octanol–water partition coefficient (Wildman–Crippen LogP) is 5.17. The van der Waals surface area contributed by atoms with Crippen molar-refractivity contribution in [2.45, 2.75) is 88.9 Å². The van der Waals surface area contributed by atoms with Gasteiger partial charge in [0.2, 0.25) is 0 Å². The predicted molar refractivity (Wildman–Crippen MR) is 121 cm³/mol. The van der Waals surface area contributed by atoms with Gasteiger partial charge in [-0.25, -0.2) is 15.0 Å². The van der Waals surface area contributed by atoms with Crippen LogP contribution in [0.1, 0.15) is 92.8 Å². The van der Waals surface area contributed by atoms with Crippen molar-refractivity contribution in [3.8, 4) is 0 Å². The summed E-state index contributed by atoms with van der Waals surface area (Å²) in [6, 6.07) is 4.55. The molecule has 3 heterocycles. The summed E-state index contributed by atoms with van der Waals surface area (Å²) in [4.78, 5) is 24.7. The highest BCUT2D eigenvalue weighted by atomic mass is 16.4. The molecule has 1 unspecified atom stereocenters. The molecule has 166 valence electrons. The molecule has 0 aromatic carbocycles. The molecule has 0 bridgehead atoms. The van der Waals surface area contributed by atoms with Crippen molar-refractivity contribution in [1.82, 2.24) is 15.0 Å². The van der Waals surface area contributed by atoms with Gasteiger partial charge in [0.25, 0.3) is 0 Å². The lowest BCUT2D eigenvalue weighted by Crippen LogP contribution is -2.08. The molecule has 1 saturated carbocycles. The third-order valence-corrected chi connectivity index (χ3v) is 6.93. The molecule has 2 aromatic heterocycles. The molecule has 6 heteroatoms. The molecular weight excluding hydrogens is 388 g/mol. The second-order valence-corrected chi connectivity index (χ2v) is 9.32. The smallest absolute Gasteiger partial charge is 0.303 e. The number of carboxylic acids is 1. The summed E-state index contributed by atoms with van der Waals surface area (Å²) in [5.74, 6) is 1.07. The van der Waals surface area contributed by atoms with Crippen LogP contribution in [-0.4, -0.2) is 32.6 Å². The lowest BCUT2D eigenvalue weighted by molar-refractivity contribution is -0.137. The number of fused-ring (bicyclic) bond motifs is 2. The van der Waals surface area contributed by atoms with Crippen LogP contribution >= 0.6 is 0 Å².